The van der Waals surface area contributed by atoms with Crippen molar-refractivity contribution in [1.82, 2.24) is 0 Å². The van der Waals surface area contributed by atoms with E-state index in [1.165, 1.54) is 0 Å². The smallest absolute Gasteiger partial charge is 0.437 e. The number of hydrogen-bond donors (Lipinski definition) is 0. The average molecular weight is 101 g/mol. The molecular weight excluding hydrogens is 98.0 g/mol. The molecule has 0 radical (unpaired) electrons. The Labute approximate surface area is 40.3 Å². The summed E-state index contributed by atoms with van der Waals surface area (Å²) in [7, 11) is 1.12. The standard InChI is InChI=1S/C3H3NO3/c1-6-3(5)7-2-4/h1H3. The van der Waals surface area contributed by atoms with Gasteiger partial charge < -0.3 is 9.47 Å². The molecule has 0 aliphatic heterocycles. The second-order valence-corrected chi connectivity index (χ2v) is 0.647. The lowest BCUT2D eigenvalue weighted by atomic mass is 11.3. The van der Waals surface area contributed by atoms with E-state index in [1.54, 1.807) is 0 Å². The summed E-state index contributed by atoms with van der Waals surface area (Å²) in [6.45, 7) is 0. The van der Waals surface area contributed by atoms with Gasteiger partial charge in [0, 0.05) is 0 Å². The van der Waals surface area contributed by atoms with Crippen molar-refractivity contribution < 1.29 is 14.3 Å². The first kappa shape index (κ1) is 5.76. The third kappa shape index (κ3) is 2.56. The van der Waals surface area contributed by atoms with E-state index in [1.807, 2.05) is 0 Å². The summed E-state index contributed by atoms with van der Waals surface area (Å²) in [6.07, 6.45) is 0.160. The largest absolute Gasteiger partial charge is 0.523 e. The molecule has 0 aliphatic carbocycles. The normalized spacial score (nSPS) is 6.29. The Morgan fingerprint density at radius 1 is 1.86 bits per heavy atom. The molecule has 4 nitrogen and oxygen atoms in total. The molecule has 0 aromatic rings. The highest BCUT2D eigenvalue weighted by Gasteiger charge is 1.94. The predicted octanol–water partition coefficient (Wildman–Crippen LogP) is 0.250. The van der Waals surface area contributed by atoms with Crippen LogP contribution in [0.1, 0.15) is 0 Å². The molecule has 4 heteroatoms. The predicted molar refractivity (Wildman–Crippen MR) is 19.1 cm³/mol. The Bertz CT molecular complexity index is 103. The van der Waals surface area contributed by atoms with Crippen LogP contribution in [0.3, 0.4) is 0 Å². The Morgan fingerprint density at radius 3 is 2.57 bits per heavy atom. The van der Waals surface area contributed by atoms with Gasteiger partial charge in [0.1, 0.15) is 0 Å². The molecule has 0 aromatic carbocycles. The summed E-state index contributed by atoms with van der Waals surface area (Å²) in [5, 5.41) is 7.59. The number of methoxy groups -OCH3 is 1. The molecule has 0 fully saturated rings. The second kappa shape index (κ2) is 2.97. The minimum absolute atomic E-state index is 0.984. The van der Waals surface area contributed by atoms with Crippen molar-refractivity contribution >= 4 is 6.16 Å². The first-order chi connectivity index (χ1) is 3.31. The van der Waals surface area contributed by atoms with E-state index in [9.17, 15) is 4.79 Å². The summed E-state index contributed by atoms with van der Waals surface area (Å²) in [6, 6.07) is 0. The van der Waals surface area contributed by atoms with Crippen LogP contribution in [0.25, 0.3) is 0 Å². The van der Waals surface area contributed by atoms with Gasteiger partial charge in [-0.15, -0.1) is 5.26 Å². The van der Waals surface area contributed by atoms with Gasteiger partial charge in [0.25, 0.3) is 6.26 Å². The van der Waals surface area contributed by atoms with E-state index in [0.717, 1.165) is 13.4 Å². The SMILES string of the molecule is COC(=O)OC#N. The number of nitrogens with zero attached hydrogens (tertiary/aromatic N) is 1. The molecule has 0 rings (SSSR count). The third-order valence-corrected chi connectivity index (χ3v) is 0.296. The van der Waals surface area contributed by atoms with Crippen molar-refractivity contribution in [2.45, 2.75) is 0 Å². The van der Waals surface area contributed by atoms with Crippen molar-refractivity contribution in [3.05, 3.63) is 0 Å². The zero-order valence-corrected chi connectivity index (χ0v) is 3.67. The van der Waals surface area contributed by atoms with Gasteiger partial charge >= 0.3 is 6.16 Å². The molecule has 38 valence electrons. The zero-order valence-electron chi connectivity index (χ0n) is 3.67. The summed E-state index contributed by atoms with van der Waals surface area (Å²) in [5.74, 6) is 0. The summed E-state index contributed by atoms with van der Waals surface area (Å²) in [5.41, 5.74) is 0. The maximum atomic E-state index is 9.74. The van der Waals surface area contributed by atoms with Crippen LogP contribution < -0.4 is 0 Å². The second-order valence-electron chi connectivity index (χ2n) is 0.647. The van der Waals surface area contributed by atoms with E-state index in [-0.39, 0.29) is 0 Å². The van der Waals surface area contributed by atoms with Crippen LogP contribution in [0.5, 0.6) is 0 Å². The Morgan fingerprint density at radius 2 is 2.43 bits per heavy atom. The molecule has 0 saturated carbocycles. The fourth-order valence-corrected chi connectivity index (χ4v) is 0.0789. The van der Waals surface area contributed by atoms with Gasteiger partial charge in [-0.1, -0.05) is 0 Å². The van der Waals surface area contributed by atoms with Gasteiger partial charge in [-0.3, -0.25) is 0 Å². The lowest BCUT2D eigenvalue weighted by Crippen LogP contribution is -1.97. The third-order valence-electron chi connectivity index (χ3n) is 0.296. The highest BCUT2D eigenvalue weighted by atomic mass is 16.7. The van der Waals surface area contributed by atoms with Crippen molar-refractivity contribution in [1.29, 1.82) is 5.26 Å². The molecular formula is C3H3NO3. The topological polar surface area (TPSA) is 59.3 Å². The highest BCUT2D eigenvalue weighted by molar-refractivity contribution is 5.60. The van der Waals surface area contributed by atoms with Gasteiger partial charge in [0.15, 0.2) is 0 Å². The quantitative estimate of drug-likeness (QED) is 0.324. The van der Waals surface area contributed by atoms with Gasteiger partial charge in [0.05, 0.1) is 7.11 Å². The van der Waals surface area contributed by atoms with E-state index >= 15 is 0 Å². The van der Waals surface area contributed by atoms with E-state index < -0.39 is 6.16 Å². The van der Waals surface area contributed by atoms with Crippen molar-refractivity contribution in [2.75, 3.05) is 7.11 Å². The minimum Gasteiger partial charge on any atom is -0.437 e. The number of hydrogen-bond acceptors (Lipinski definition) is 4. The van der Waals surface area contributed by atoms with Gasteiger partial charge in [0.2, 0.25) is 0 Å². The lowest BCUT2D eigenvalue weighted by molar-refractivity contribution is 0.110. The van der Waals surface area contributed by atoms with Crippen molar-refractivity contribution in [2.24, 2.45) is 0 Å². The van der Waals surface area contributed by atoms with Crippen LogP contribution in [0, 0.1) is 11.5 Å². The molecule has 0 unspecified atom stereocenters. The molecule has 0 bridgehead atoms. The van der Waals surface area contributed by atoms with Gasteiger partial charge in [-0.05, 0) is 0 Å². The number of rotatable bonds is 0. The summed E-state index contributed by atoms with van der Waals surface area (Å²) >= 11 is 0. The Kier molecular flexibility index (Phi) is 2.44. The van der Waals surface area contributed by atoms with Crippen LogP contribution in [0.4, 0.5) is 4.79 Å². The summed E-state index contributed by atoms with van der Waals surface area (Å²) < 4.78 is 7.54. The molecule has 0 aromatic heterocycles. The number of carbonyl (C=O) groups is 1. The number of ether oxygens (including phenoxy) is 2. The van der Waals surface area contributed by atoms with Gasteiger partial charge in [-0.25, -0.2) is 4.79 Å². The molecule has 0 saturated heterocycles. The van der Waals surface area contributed by atoms with Crippen molar-refractivity contribution in [3.8, 4) is 6.26 Å². The fourth-order valence-electron chi connectivity index (χ4n) is 0.0789. The lowest BCUT2D eigenvalue weighted by Gasteiger charge is -1.86. The first-order valence-electron chi connectivity index (χ1n) is 1.45. The zero-order chi connectivity index (χ0) is 5.70. The fraction of sp³-hybridized carbons (Fsp3) is 0.333. The van der Waals surface area contributed by atoms with Crippen LogP contribution in [-0.2, 0) is 9.47 Å². The van der Waals surface area contributed by atoms with Crippen LogP contribution in [0.15, 0.2) is 0 Å². The number of nitriles is 1. The molecule has 0 aliphatic rings. The molecule has 0 N–H and O–H groups in total. The Balaban J connectivity index is 3.23. The monoisotopic (exact) mass is 101 g/mol. The Hall–Kier alpha value is -1.24. The molecule has 0 amide bonds. The van der Waals surface area contributed by atoms with Crippen molar-refractivity contribution in [3.63, 3.8) is 0 Å². The maximum Gasteiger partial charge on any atom is 0.523 e. The minimum atomic E-state index is -0.984. The van der Waals surface area contributed by atoms with E-state index in [0.29, 0.717) is 0 Å². The highest BCUT2D eigenvalue weighted by Crippen LogP contribution is 1.75. The maximum absolute atomic E-state index is 9.74. The van der Waals surface area contributed by atoms with Crippen LogP contribution >= 0.6 is 0 Å². The average Bonchev–Trinajstić information content (AvgIpc) is 1.68. The van der Waals surface area contributed by atoms with Gasteiger partial charge in [-0.2, -0.15) is 0 Å². The van der Waals surface area contributed by atoms with E-state index in [4.69, 9.17) is 5.26 Å². The molecule has 0 spiro atoms. The first-order valence-corrected chi connectivity index (χ1v) is 1.45. The number of carbonyl (C=O) groups excluding carboxylic acids is 1. The van der Waals surface area contributed by atoms with Crippen LogP contribution in [-0.4, -0.2) is 13.3 Å². The molecule has 7 heavy (non-hydrogen) atoms. The van der Waals surface area contributed by atoms with Crippen LogP contribution in [0.2, 0.25) is 0 Å². The molecule has 0 heterocycles. The van der Waals surface area contributed by atoms with E-state index in [2.05, 4.69) is 9.47 Å². The molecule has 0 atom stereocenters. The summed E-state index contributed by atoms with van der Waals surface area (Å²) in [4.78, 5) is 9.74.